The first-order valence-electron chi connectivity index (χ1n) is 12.7. The van der Waals surface area contributed by atoms with Gasteiger partial charge in [0.2, 0.25) is 0 Å². The van der Waals surface area contributed by atoms with E-state index in [2.05, 4.69) is 57.8 Å². The van der Waals surface area contributed by atoms with E-state index in [4.69, 9.17) is 0 Å². The predicted octanol–water partition coefficient (Wildman–Crippen LogP) is 4.40. The molecule has 30 heavy (non-hydrogen) atoms. The Labute approximate surface area is 184 Å². The average Bonchev–Trinajstić information content (AvgIpc) is 2.80. The third-order valence-corrected chi connectivity index (χ3v) is 8.09. The summed E-state index contributed by atoms with van der Waals surface area (Å²) in [4.78, 5) is 7.78. The third kappa shape index (κ3) is 5.53. The van der Waals surface area contributed by atoms with E-state index >= 15 is 0 Å². The molecule has 5 nitrogen and oxygen atoms in total. The van der Waals surface area contributed by atoms with Gasteiger partial charge in [-0.1, -0.05) is 13.3 Å². The minimum Gasteiger partial charge on any atom is -0.355 e. The lowest BCUT2D eigenvalue weighted by atomic mass is 9.90. The molecule has 0 aliphatic carbocycles. The minimum atomic E-state index is 0.594. The minimum absolute atomic E-state index is 0.594. The first-order chi connectivity index (χ1) is 14.6. The molecule has 0 unspecified atom stereocenters. The zero-order valence-corrected chi connectivity index (χ0v) is 19.6. The SMILES string of the molecule is CCC1CCN(c2ccc(C3CCN(CC4CCN(C(C)C)CC4)CC3)nn2)CC1. The second-order valence-corrected chi connectivity index (χ2v) is 10.3. The highest BCUT2D eigenvalue weighted by Crippen LogP contribution is 2.29. The smallest absolute Gasteiger partial charge is 0.151 e. The summed E-state index contributed by atoms with van der Waals surface area (Å²) < 4.78 is 0. The van der Waals surface area contributed by atoms with Gasteiger partial charge in [0.25, 0.3) is 0 Å². The maximum absolute atomic E-state index is 4.67. The van der Waals surface area contributed by atoms with Crippen molar-refractivity contribution >= 4 is 5.82 Å². The van der Waals surface area contributed by atoms with Gasteiger partial charge in [0.15, 0.2) is 5.82 Å². The Morgan fingerprint density at radius 1 is 0.833 bits per heavy atom. The second kappa shape index (κ2) is 10.4. The molecular formula is C25H43N5. The molecule has 168 valence electrons. The van der Waals surface area contributed by atoms with Gasteiger partial charge in [0, 0.05) is 31.6 Å². The topological polar surface area (TPSA) is 35.5 Å². The number of hydrogen-bond donors (Lipinski definition) is 0. The summed E-state index contributed by atoms with van der Waals surface area (Å²) >= 11 is 0. The number of hydrogen-bond acceptors (Lipinski definition) is 5. The molecule has 0 saturated carbocycles. The van der Waals surface area contributed by atoms with Gasteiger partial charge in [-0.15, -0.1) is 5.10 Å². The highest BCUT2D eigenvalue weighted by atomic mass is 15.3. The van der Waals surface area contributed by atoms with Crippen molar-refractivity contribution in [3.8, 4) is 0 Å². The van der Waals surface area contributed by atoms with Crippen molar-refractivity contribution in [1.82, 2.24) is 20.0 Å². The molecule has 0 bridgehead atoms. The van der Waals surface area contributed by atoms with Crippen LogP contribution in [0.15, 0.2) is 12.1 Å². The molecule has 3 fully saturated rings. The van der Waals surface area contributed by atoms with Crippen molar-refractivity contribution in [2.75, 3.05) is 50.7 Å². The molecule has 1 aromatic rings. The van der Waals surface area contributed by atoms with E-state index in [1.165, 1.54) is 83.4 Å². The van der Waals surface area contributed by atoms with E-state index in [-0.39, 0.29) is 0 Å². The maximum Gasteiger partial charge on any atom is 0.151 e. The Kier molecular flexibility index (Phi) is 7.64. The van der Waals surface area contributed by atoms with Crippen molar-refractivity contribution in [3.63, 3.8) is 0 Å². The van der Waals surface area contributed by atoms with E-state index in [0.717, 1.165) is 30.7 Å². The second-order valence-electron chi connectivity index (χ2n) is 10.3. The van der Waals surface area contributed by atoms with E-state index in [1.54, 1.807) is 0 Å². The summed E-state index contributed by atoms with van der Waals surface area (Å²) in [5.74, 6) is 3.48. The molecule has 4 heterocycles. The van der Waals surface area contributed by atoms with Crippen molar-refractivity contribution in [2.45, 2.75) is 77.7 Å². The highest BCUT2D eigenvalue weighted by molar-refractivity contribution is 5.38. The summed E-state index contributed by atoms with van der Waals surface area (Å²) in [5.41, 5.74) is 1.21. The summed E-state index contributed by atoms with van der Waals surface area (Å²) in [7, 11) is 0. The number of likely N-dealkylation sites (tertiary alicyclic amines) is 2. The molecule has 0 N–H and O–H groups in total. The van der Waals surface area contributed by atoms with Crippen molar-refractivity contribution in [3.05, 3.63) is 17.8 Å². The fourth-order valence-corrected chi connectivity index (χ4v) is 5.72. The monoisotopic (exact) mass is 413 g/mol. The van der Waals surface area contributed by atoms with Crippen LogP contribution in [-0.4, -0.2) is 71.9 Å². The van der Waals surface area contributed by atoms with Crippen LogP contribution < -0.4 is 4.90 Å². The van der Waals surface area contributed by atoms with E-state index < -0.39 is 0 Å². The van der Waals surface area contributed by atoms with Crippen LogP contribution in [0.4, 0.5) is 5.82 Å². The van der Waals surface area contributed by atoms with Crippen molar-refractivity contribution < 1.29 is 0 Å². The largest absolute Gasteiger partial charge is 0.355 e. The zero-order valence-electron chi connectivity index (χ0n) is 19.6. The molecule has 0 spiro atoms. The average molecular weight is 414 g/mol. The lowest BCUT2D eigenvalue weighted by Gasteiger charge is -2.38. The molecule has 0 aromatic carbocycles. The van der Waals surface area contributed by atoms with Gasteiger partial charge >= 0.3 is 0 Å². The van der Waals surface area contributed by atoms with Gasteiger partial charge in [-0.25, -0.2) is 0 Å². The molecule has 3 aliphatic rings. The first-order valence-corrected chi connectivity index (χ1v) is 12.7. The molecule has 3 aliphatic heterocycles. The van der Waals surface area contributed by atoms with Crippen LogP contribution in [0.5, 0.6) is 0 Å². The highest BCUT2D eigenvalue weighted by Gasteiger charge is 2.27. The fraction of sp³-hybridized carbons (Fsp3) is 0.840. The number of aromatic nitrogens is 2. The third-order valence-electron chi connectivity index (χ3n) is 8.09. The molecule has 0 radical (unpaired) electrons. The van der Waals surface area contributed by atoms with Crippen LogP contribution in [0.25, 0.3) is 0 Å². The van der Waals surface area contributed by atoms with Gasteiger partial charge in [-0.05, 0) is 103 Å². The number of piperidine rings is 3. The Morgan fingerprint density at radius 3 is 2.07 bits per heavy atom. The van der Waals surface area contributed by atoms with E-state index in [0.29, 0.717) is 12.0 Å². The number of rotatable bonds is 6. The van der Waals surface area contributed by atoms with Gasteiger partial charge in [-0.2, -0.15) is 5.10 Å². The number of nitrogens with zero attached hydrogens (tertiary/aromatic N) is 5. The van der Waals surface area contributed by atoms with Crippen LogP contribution in [-0.2, 0) is 0 Å². The molecule has 3 saturated heterocycles. The van der Waals surface area contributed by atoms with Crippen molar-refractivity contribution in [1.29, 1.82) is 0 Å². The normalized spacial score (nSPS) is 24.1. The van der Waals surface area contributed by atoms with Crippen LogP contribution >= 0.6 is 0 Å². The van der Waals surface area contributed by atoms with Gasteiger partial charge in [0.05, 0.1) is 5.69 Å². The van der Waals surface area contributed by atoms with Gasteiger partial charge in [-0.3, -0.25) is 0 Å². The summed E-state index contributed by atoms with van der Waals surface area (Å²) in [5, 5.41) is 9.29. The van der Waals surface area contributed by atoms with Crippen LogP contribution in [0.3, 0.4) is 0 Å². The van der Waals surface area contributed by atoms with Crippen molar-refractivity contribution in [2.24, 2.45) is 11.8 Å². The zero-order chi connectivity index (χ0) is 20.9. The summed E-state index contributed by atoms with van der Waals surface area (Å²) in [6, 6.07) is 5.19. The molecule has 5 heteroatoms. The van der Waals surface area contributed by atoms with Gasteiger partial charge < -0.3 is 14.7 Å². The number of anilines is 1. The van der Waals surface area contributed by atoms with Gasteiger partial charge in [0.1, 0.15) is 0 Å². The van der Waals surface area contributed by atoms with Crippen LogP contribution in [0.2, 0.25) is 0 Å². The quantitative estimate of drug-likeness (QED) is 0.691. The lowest BCUT2D eigenvalue weighted by molar-refractivity contribution is 0.110. The Balaban J connectivity index is 1.21. The summed E-state index contributed by atoms with van der Waals surface area (Å²) in [6.07, 6.45) is 9.14. The van der Waals surface area contributed by atoms with E-state index in [1.807, 2.05) is 0 Å². The Morgan fingerprint density at radius 2 is 1.50 bits per heavy atom. The maximum atomic E-state index is 4.67. The molecule has 4 rings (SSSR count). The summed E-state index contributed by atoms with van der Waals surface area (Å²) in [6.45, 7) is 15.6. The van der Waals surface area contributed by atoms with E-state index in [9.17, 15) is 0 Å². The predicted molar refractivity (Wildman–Crippen MR) is 125 cm³/mol. The molecule has 0 atom stereocenters. The standard InChI is InChI=1S/C25H43N5/c1-4-21-7-17-30(18-8-21)25-6-5-24(26-27-25)23-11-13-28(14-12-23)19-22-9-15-29(16-10-22)20(2)3/h5-6,20-23H,4,7-19H2,1-3H3. The van der Waals surface area contributed by atoms with Crippen LogP contribution in [0.1, 0.15) is 77.3 Å². The molecule has 1 aromatic heterocycles. The molecular weight excluding hydrogens is 370 g/mol. The molecule has 0 amide bonds. The fourth-order valence-electron chi connectivity index (χ4n) is 5.72. The van der Waals surface area contributed by atoms with Crippen LogP contribution in [0, 0.1) is 11.8 Å². The lowest BCUT2D eigenvalue weighted by Crippen LogP contribution is -2.43. The Bertz CT molecular complexity index is 621. The first kappa shape index (κ1) is 22.0. The Hall–Kier alpha value is -1.20.